The summed E-state index contributed by atoms with van der Waals surface area (Å²) < 4.78 is 20.1. The fourth-order valence-electron chi connectivity index (χ4n) is 4.82. The Morgan fingerprint density at radius 2 is 1.65 bits per heavy atom. The highest BCUT2D eigenvalue weighted by Crippen LogP contribution is 2.28. The molecule has 13 nitrogen and oxygen atoms in total. The second-order valence-electron chi connectivity index (χ2n) is 9.96. The first-order chi connectivity index (χ1) is 22.3. The maximum Gasteiger partial charge on any atom is 0.305 e. The lowest BCUT2D eigenvalue weighted by molar-refractivity contribution is 0.612. The quantitative estimate of drug-likeness (QED) is 0.224. The SMILES string of the molecule is [C-]#[N+]/C(C#N)=C1\N=c2ccc(-c3nc(/C(C)=C4/N=c5cc(F)cc([N+]#[C-])c5=N4)nc(-c4nc5cc(C)ccc5o4)n3)c(C#N)c2=N1. The molecule has 0 amide bonds. The Kier molecular flexibility index (Phi) is 6.26. The number of rotatable bonds is 3. The topological polar surface area (TPSA) is 170 Å². The summed E-state index contributed by atoms with van der Waals surface area (Å²) in [6.07, 6.45) is 0. The van der Waals surface area contributed by atoms with E-state index in [4.69, 9.17) is 17.6 Å². The molecule has 0 spiro atoms. The fraction of sp³-hybridized carbons (Fsp3) is 0.0625. The predicted molar refractivity (Wildman–Crippen MR) is 157 cm³/mol. The molecule has 0 atom stereocenters. The lowest BCUT2D eigenvalue weighted by Gasteiger charge is -2.08. The van der Waals surface area contributed by atoms with E-state index in [0.717, 1.165) is 11.6 Å². The van der Waals surface area contributed by atoms with Crippen LogP contribution >= 0.6 is 0 Å². The zero-order chi connectivity index (χ0) is 32.1. The highest BCUT2D eigenvalue weighted by Gasteiger charge is 2.23. The van der Waals surface area contributed by atoms with Crippen molar-refractivity contribution in [2.75, 3.05) is 0 Å². The molecule has 2 aliphatic rings. The molecule has 0 unspecified atom stereocenters. The third-order valence-corrected chi connectivity index (χ3v) is 7.02. The van der Waals surface area contributed by atoms with Crippen molar-refractivity contribution in [2.45, 2.75) is 13.8 Å². The van der Waals surface area contributed by atoms with E-state index in [-0.39, 0.29) is 73.6 Å². The Hall–Kier alpha value is -7.29. The summed E-state index contributed by atoms with van der Waals surface area (Å²) in [5, 5.41) is 20.4. The molecular formula is C32H13FN12O. The van der Waals surface area contributed by atoms with E-state index in [1.54, 1.807) is 31.2 Å². The molecular weight excluding hydrogens is 587 g/mol. The third-order valence-electron chi connectivity index (χ3n) is 7.02. The van der Waals surface area contributed by atoms with E-state index in [9.17, 15) is 14.9 Å². The Labute approximate surface area is 257 Å². The standard InChI is InChI=1S/C32H13FN12O/c1-14-5-8-24-20(9-14)40-32(46-24)31-44-28(15(2)27-39-22-11-16(33)10-21(36-3)26(22)42-27)43-29(45-31)17-6-7-19-25(18(17)12-34)41-30(38-19)23(13-35)37-4/h5-11H,1-2H3/b27-15-,30-23+. The average molecular weight is 601 g/mol. The Morgan fingerprint density at radius 1 is 0.870 bits per heavy atom. The van der Waals surface area contributed by atoms with Crippen LogP contribution in [0.3, 0.4) is 0 Å². The van der Waals surface area contributed by atoms with Gasteiger partial charge in [0.05, 0.1) is 40.8 Å². The van der Waals surface area contributed by atoms with Crippen molar-refractivity contribution in [1.29, 1.82) is 10.5 Å². The normalized spacial score (nSPS) is 14.7. The van der Waals surface area contributed by atoms with Gasteiger partial charge in [0.15, 0.2) is 28.9 Å². The van der Waals surface area contributed by atoms with E-state index >= 15 is 0 Å². The number of aromatic nitrogens is 4. The van der Waals surface area contributed by atoms with Crippen molar-refractivity contribution in [3.63, 3.8) is 0 Å². The number of aryl methyl sites for hydroxylation is 1. The number of benzene rings is 3. The second-order valence-corrected chi connectivity index (χ2v) is 9.96. The first-order valence-corrected chi connectivity index (χ1v) is 13.3. The van der Waals surface area contributed by atoms with Gasteiger partial charge in [-0.3, -0.25) is 0 Å². The lowest BCUT2D eigenvalue weighted by atomic mass is 10.1. The summed E-state index contributed by atoms with van der Waals surface area (Å²) in [4.78, 5) is 42.4. The van der Waals surface area contributed by atoms with Gasteiger partial charge in [-0.1, -0.05) is 6.07 Å². The zero-order valence-corrected chi connectivity index (χ0v) is 23.7. The monoisotopic (exact) mass is 600 g/mol. The largest absolute Gasteiger partial charge is 0.434 e. The number of hydrogen-bond acceptors (Lipinski definition) is 11. The number of oxazole rings is 1. The summed E-state index contributed by atoms with van der Waals surface area (Å²) in [5.41, 5.74) is 2.45. The van der Waals surface area contributed by atoms with Crippen molar-refractivity contribution in [3.8, 4) is 35.2 Å². The zero-order valence-electron chi connectivity index (χ0n) is 23.7. The number of halogens is 1. The first kappa shape index (κ1) is 27.5. The molecule has 0 radical (unpaired) electrons. The fourth-order valence-corrected chi connectivity index (χ4v) is 4.82. The highest BCUT2D eigenvalue weighted by molar-refractivity contribution is 5.77. The number of fused-ring (bicyclic) bond motifs is 3. The maximum absolute atomic E-state index is 14.1. The average Bonchev–Trinajstić information content (AvgIpc) is 3.80. The van der Waals surface area contributed by atoms with Crippen LogP contribution in [0.5, 0.6) is 0 Å². The van der Waals surface area contributed by atoms with Crippen LogP contribution in [0.15, 0.2) is 84.2 Å². The number of allylic oxidation sites excluding steroid dienone is 2. The molecule has 0 saturated heterocycles. The van der Waals surface area contributed by atoms with Gasteiger partial charge >= 0.3 is 5.70 Å². The van der Waals surface area contributed by atoms with E-state index in [0.29, 0.717) is 22.0 Å². The molecule has 14 heteroatoms. The molecule has 0 aliphatic carbocycles. The smallest absolute Gasteiger partial charge is 0.305 e. The van der Waals surface area contributed by atoms with Crippen molar-refractivity contribution in [3.05, 3.63) is 127 Å². The van der Waals surface area contributed by atoms with Gasteiger partial charge in [-0.05, 0) is 55.8 Å². The molecule has 214 valence electrons. The Balaban J connectivity index is 1.48. The maximum atomic E-state index is 14.1. The third kappa shape index (κ3) is 4.44. The van der Waals surface area contributed by atoms with Crippen LogP contribution in [0.1, 0.15) is 23.9 Å². The summed E-state index contributed by atoms with van der Waals surface area (Å²) in [6, 6.07) is 14.8. The van der Waals surface area contributed by atoms with Crippen LogP contribution in [0, 0.1) is 48.5 Å². The summed E-state index contributed by atoms with van der Waals surface area (Å²) in [6.45, 7) is 18.2. The van der Waals surface area contributed by atoms with Gasteiger partial charge < -0.3 is 4.42 Å². The van der Waals surface area contributed by atoms with Crippen LogP contribution < -0.4 is 21.4 Å². The van der Waals surface area contributed by atoms with Crippen molar-refractivity contribution >= 4 is 22.4 Å². The van der Waals surface area contributed by atoms with E-state index in [1.807, 2.05) is 19.1 Å². The molecule has 0 saturated carbocycles. The predicted octanol–water partition coefficient (Wildman–Crippen LogP) is 3.72. The minimum atomic E-state index is -0.618. The van der Waals surface area contributed by atoms with Gasteiger partial charge in [-0.2, -0.15) is 5.26 Å². The van der Waals surface area contributed by atoms with Gasteiger partial charge in [0.1, 0.15) is 22.8 Å². The van der Waals surface area contributed by atoms with Crippen LogP contribution in [-0.4, -0.2) is 19.9 Å². The van der Waals surface area contributed by atoms with E-state index < -0.39 is 5.82 Å². The van der Waals surface area contributed by atoms with Gasteiger partial charge in [-0.25, -0.2) is 59.2 Å². The molecule has 5 aromatic rings. The summed E-state index contributed by atoms with van der Waals surface area (Å²) >= 11 is 0. The second kappa shape index (κ2) is 10.5. The summed E-state index contributed by atoms with van der Waals surface area (Å²) in [5.74, 6) is -0.270. The molecule has 2 aromatic heterocycles. The minimum Gasteiger partial charge on any atom is -0.434 e. The molecule has 46 heavy (non-hydrogen) atoms. The summed E-state index contributed by atoms with van der Waals surface area (Å²) in [7, 11) is 0. The van der Waals surface area contributed by atoms with Crippen LogP contribution in [0.25, 0.3) is 49.5 Å². The molecule has 0 fully saturated rings. The van der Waals surface area contributed by atoms with Gasteiger partial charge in [0.2, 0.25) is 11.5 Å². The molecule has 3 aromatic carbocycles. The van der Waals surface area contributed by atoms with Crippen molar-refractivity contribution < 1.29 is 8.81 Å². The van der Waals surface area contributed by atoms with Crippen LogP contribution in [-0.2, 0) is 0 Å². The molecule has 7 rings (SSSR count). The lowest BCUT2D eigenvalue weighted by Crippen LogP contribution is -2.25. The van der Waals surface area contributed by atoms with Crippen LogP contribution in [0.2, 0.25) is 0 Å². The van der Waals surface area contributed by atoms with Crippen LogP contribution in [0.4, 0.5) is 10.1 Å². The van der Waals surface area contributed by atoms with E-state index in [1.165, 1.54) is 6.07 Å². The number of nitrogens with zero attached hydrogens (tertiary/aromatic N) is 12. The molecule has 0 N–H and O–H groups in total. The molecule has 4 heterocycles. The van der Waals surface area contributed by atoms with Gasteiger partial charge in [0.25, 0.3) is 5.89 Å². The molecule has 2 aliphatic heterocycles. The minimum absolute atomic E-state index is 0.0116. The number of nitriles is 2. The number of hydrogen-bond donors (Lipinski definition) is 0. The first-order valence-electron chi connectivity index (χ1n) is 13.3. The van der Waals surface area contributed by atoms with Crippen molar-refractivity contribution in [2.24, 2.45) is 20.0 Å². The Morgan fingerprint density at radius 3 is 2.41 bits per heavy atom. The van der Waals surface area contributed by atoms with Gasteiger partial charge in [0, 0.05) is 11.1 Å². The van der Waals surface area contributed by atoms with E-state index in [2.05, 4.69) is 55.7 Å². The Bertz CT molecular complexity index is 2720. The molecule has 0 bridgehead atoms. The van der Waals surface area contributed by atoms with Gasteiger partial charge in [-0.15, -0.1) is 0 Å². The van der Waals surface area contributed by atoms with Crippen molar-refractivity contribution in [1.82, 2.24) is 19.9 Å². The highest BCUT2D eigenvalue weighted by atomic mass is 19.1.